The predicted octanol–water partition coefficient (Wildman–Crippen LogP) is 4.22. The number of methoxy groups -OCH3 is 1. The third kappa shape index (κ3) is 4.48. The Bertz CT molecular complexity index is 1100. The molecule has 0 saturated carbocycles. The molecule has 2 amide bonds. The van der Waals surface area contributed by atoms with Gasteiger partial charge >= 0.3 is 0 Å². The molecule has 7 nitrogen and oxygen atoms in total. The Hall–Kier alpha value is -2.74. The van der Waals surface area contributed by atoms with Crippen molar-refractivity contribution < 1.29 is 14.3 Å². The molecule has 0 fully saturated rings. The van der Waals surface area contributed by atoms with Crippen LogP contribution >= 0.6 is 34.8 Å². The number of hydrazine groups is 1. The highest BCUT2D eigenvalue weighted by Crippen LogP contribution is 2.27. The molecule has 1 heterocycles. The van der Waals surface area contributed by atoms with Crippen LogP contribution in [0, 0.1) is 6.92 Å². The molecule has 150 valence electrons. The SMILES string of the molecule is COc1ccc(Cl)cc1-n1ncc(C(=O)NNC(=O)c2ccc(Cl)c(Cl)c2)c1C. The van der Waals surface area contributed by atoms with Crippen molar-refractivity contribution >= 4 is 46.6 Å². The van der Waals surface area contributed by atoms with Crippen LogP contribution in [0.2, 0.25) is 15.1 Å². The van der Waals surface area contributed by atoms with E-state index < -0.39 is 11.8 Å². The summed E-state index contributed by atoms with van der Waals surface area (Å²) in [4.78, 5) is 24.7. The standard InChI is InChI=1S/C19H15Cl3N4O3/c1-10-13(9-23-26(10)16-8-12(20)4-6-17(16)29-2)19(28)25-24-18(27)11-3-5-14(21)15(22)7-11/h3-9H,1-2H3,(H,24,27)(H,25,28). The summed E-state index contributed by atoms with van der Waals surface area (Å²) in [6.45, 7) is 1.71. The van der Waals surface area contributed by atoms with E-state index in [2.05, 4.69) is 16.0 Å². The van der Waals surface area contributed by atoms with E-state index in [9.17, 15) is 9.59 Å². The van der Waals surface area contributed by atoms with Gasteiger partial charge < -0.3 is 4.74 Å². The minimum absolute atomic E-state index is 0.234. The molecule has 0 radical (unpaired) electrons. The number of halogens is 3. The molecule has 0 aliphatic carbocycles. The average Bonchev–Trinajstić information content (AvgIpc) is 3.09. The predicted molar refractivity (Wildman–Crippen MR) is 111 cm³/mol. The van der Waals surface area contributed by atoms with Gasteiger partial charge in [0.1, 0.15) is 11.4 Å². The summed E-state index contributed by atoms with van der Waals surface area (Å²) in [6.07, 6.45) is 1.39. The molecule has 0 aliphatic rings. The van der Waals surface area contributed by atoms with Crippen molar-refractivity contribution in [1.82, 2.24) is 20.6 Å². The number of rotatable bonds is 4. The highest BCUT2D eigenvalue weighted by molar-refractivity contribution is 6.42. The van der Waals surface area contributed by atoms with Gasteiger partial charge in [0, 0.05) is 10.6 Å². The number of ether oxygens (including phenoxy) is 1. The Morgan fingerprint density at radius 2 is 1.72 bits per heavy atom. The second-order valence-corrected chi connectivity index (χ2v) is 7.16. The number of hydrogen-bond donors (Lipinski definition) is 2. The van der Waals surface area contributed by atoms with Crippen LogP contribution < -0.4 is 15.6 Å². The first-order valence-corrected chi connectivity index (χ1v) is 9.39. The number of aromatic nitrogens is 2. The van der Waals surface area contributed by atoms with Crippen molar-refractivity contribution in [3.05, 3.63) is 74.5 Å². The van der Waals surface area contributed by atoms with Crippen molar-refractivity contribution in [2.24, 2.45) is 0 Å². The number of hydrogen-bond acceptors (Lipinski definition) is 4. The van der Waals surface area contributed by atoms with Gasteiger partial charge in [-0.3, -0.25) is 20.4 Å². The lowest BCUT2D eigenvalue weighted by atomic mass is 10.2. The second kappa shape index (κ2) is 8.73. The maximum atomic E-state index is 12.5. The average molecular weight is 454 g/mol. The number of benzene rings is 2. The summed E-state index contributed by atoms with van der Waals surface area (Å²) < 4.78 is 6.86. The third-order valence-electron chi connectivity index (χ3n) is 4.09. The minimum Gasteiger partial charge on any atom is -0.494 e. The fourth-order valence-electron chi connectivity index (χ4n) is 2.59. The molecule has 0 spiro atoms. The highest BCUT2D eigenvalue weighted by atomic mass is 35.5. The van der Waals surface area contributed by atoms with Gasteiger partial charge in [-0.25, -0.2) is 4.68 Å². The molecule has 1 aromatic heterocycles. The van der Waals surface area contributed by atoms with Crippen LogP contribution in [0.4, 0.5) is 0 Å². The van der Waals surface area contributed by atoms with Crippen LogP contribution in [0.15, 0.2) is 42.6 Å². The molecule has 2 aromatic carbocycles. The molecule has 10 heteroatoms. The first-order chi connectivity index (χ1) is 13.8. The van der Waals surface area contributed by atoms with E-state index in [1.165, 1.54) is 36.2 Å². The van der Waals surface area contributed by atoms with Gasteiger partial charge in [-0.05, 0) is 43.3 Å². The van der Waals surface area contributed by atoms with Crippen LogP contribution in [0.25, 0.3) is 5.69 Å². The van der Waals surface area contributed by atoms with Gasteiger partial charge in [0.05, 0.1) is 34.6 Å². The van der Waals surface area contributed by atoms with E-state index in [-0.39, 0.29) is 16.1 Å². The Labute approximate surface area is 181 Å². The highest BCUT2D eigenvalue weighted by Gasteiger charge is 2.18. The Morgan fingerprint density at radius 1 is 1.00 bits per heavy atom. The number of nitrogens with zero attached hydrogens (tertiary/aromatic N) is 2. The molecule has 3 aromatic rings. The maximum absolute atomic E-state index is 12.5. The molecule has 0 unspecified atom stereocenters. The zero-order valence-electron chi connectivity index (χ0n) is 15.3. The minimum atomic E-state index is -0.543. The van der Waals surface area contributed by atoms with Crippen LogP contribution in [0.5, 0.6) is 5.75 Å². The topological polar surface area (TPSA) is 85.2 Å². The summed E-state index contributed by atoms with van der Waals surface area (Å²) in [6, 6.07) is 9.46. The molecule has 0 bridgehead atoms. The van der Waals surface area contributed by atoms with E-state index >= 15 is 0 Å². The number of amides is 2. The molecule has 0 saturated heterocycles. The molecule has 0 atom stereocenters. The molecule has 29 heavy (non-hydrogen) atoms. The van der Waals surface area contributed by atoms with Crippen molar-refractivity contribution in [2.45, 2.75) is 6.92 Å². The zero-order chi connectivity index (χ0) is 21.1. The van der Waals surface area contributed by atoms with Crippen LogP contribution in [0.3, 0.4) is 0 Å². The molecular formula is C19H15Cl3N4O3. The van der Waals surface area contributed by atoms with Gasteiger partial charge in [0.25, 0.3) is 11.8 Å². The first kappa shape index (κ1) is 21.0. The van der Waals surface area contributed by atoms with Crippen LogP contribution in [0.1, 0.15) is 26.4 Å². The lowest BCUT2D eigenvalue weighted by molar-refractivity contribution is 0.0846. The number of carbonyl (C=O) groups is 2. The van der Waals surface area contributed by atoms with E-state index in [1.807, 2.05) is 0 Å². The summed E-state index contributed by atoms with van der Waals surface area (Å²) in [5.41, 5.74) is 6.31. The van der Waals surface area contributed by atoms with Crippen LogP contribution in [-0.4, -0.2) is 28.7 Å². The van der Waals surface area contributed by atoms with Crippen molar-refractivity contribution in [3.8, 4) is 11.4 Å². The molecule has 2 N–H and O–H groups in total. The maximum Gasteiger partial charge on any atom is 0.273 e. The molecular weight excluding hydrogens is 439 g/mol. The van der Waals surface area contributed by atoms with Gasteiger partial charge in [0.15, 0.2) is 0 Å². The normalized spacial score (nSPS) is 10.5. The Morgan fingerprint density at radius 3 is 2.41 bits per heavy atom. The lowest BCUT2D eigenvalue weighted by Gasteiger charge is -2.11. The lowest BCUT2D eigenvalue weighted by Crippen LogP contribution is -2.41. The molecule has 0 aliphatic heterocycles. The van der Waals surface area contributed by atoms with E-state index in [0.717, 1.165) is 0 Å². The quantitative estimate of drug-likeness (QED) is 0.579. The number of nitrogens with one attached hydrogen (secondary N) is 2. The summed E-state index contributed by atoms with van der Waals surface area (Å²) in [7, 11) is 1.53. The van der Waals surface area contributed by atoms with E-state index in [0.29, 0.717) is 27.2 Å². The largest absolute Gasteiger partial charge is 0.494 e. The van der Waals surface area contributed by atoms with Crippen molar-refractivity contribution in [2.75, 3.05) is 7.11 Å². The fourth-order valence-corrected chi connectivity index (χ4v) is 3.06. The van der Waals surface area contributed by atoms with Crippen LogP contribution in [-0.2, 0) is 0 Å². The van der Waals surface area contributed by atoms with Crippen molar-refractivity contribution in [3.63, 3.8) is 0 Å². The van der Waals surface area contributed by atoms with Gasteiger partial charge in [-0.2, -0.15) is 5.10 Å². The summed E-state index contributed by atoms with van der Waals surface area (Å²) in [5, 5.41) is 5.29. The Kier molecular flexibility index (Phi) is 6.32. The zero-order valence-corrected chi connectivity index (χ0v) is 17.6. The van der Waals surface area contributed by atoms with Gasteiger partial charge in [-0.1, -0.05) is 34.8 Å². The first-order valence-electron chi connectivity index (χ1n) is 8.26. The summed E-state index contributed by atoms with van der Waals surface area (Å²) >= 11 is 17.8. The van der Waals surface area contributed by atoms with E-state index in [1.54, 1.807) is 25.1 Å². The third-order valence-corrected chi connectivity index (χ3v) is 5.07. The van der Waals surface area contributed by atoms with E-state index in [4.69, 9.17) is 39.5 Å². The smallest absolute Gasteiger partial charge is 0.273 e. The summed E-state index contributed by atoms with van der Waals surface area (Å²) in [5.74, 6) is -0.540. The monoisotopic (exact) mass is 452 g/mol. The van der Waals surface area contributed by atoms with Crippen molar-refractivity contribution in [1.29, 1.82) is 0 Å². The number of carbonyl (C=O) groups excluding carboxylic acids is 2. The van der Waals surface area contributed by atoms with Gasteiger partial charge in [-0.15, -0.1) is 0 Å². The molecule has 3 rings (SSSR count). The Balaban J connectivity index is 1.77. The second-order valence-electron chi connectivity index (χ2n) is 5.91. The van der Waals surface area contributed by atoms with Gasteiger partial charge in [0.2, 0.25) is 0 Å². The fraction of sp³-hybridized carbons (Fsp3) is 0.105.